The Labute approximate surface area is 103 Å². The van der Waals surface area contributed by atoms with Crippen molar-refractivity contribution < 1.29 is 5.11 Å². The maximum absolute atomic E-state index is 9.66. The third-order valence-corrected chi connectivity index (χ3v) is 4.28. The molecule has 1 N–H and O–H groups in total. The van der Waals surface area contributed by atoms with Gasteiger partial charge in [0.2, 0.25) is 0 Å². The van der Waals surface area contributed by atoms with Crippen LogP contribution in [0.3, 0.4) is 0 Å². The van der Waals surface area contributed by atoms with Crippen LogP contribution in [0.5, 0.6) is 0 Å². The molecule has 1 atom stereocenters. The Morgan fingerprint density at radius 1 is 1.44 bits per heavy atom. The van der Waals surface area contributed by atoms with Gasteiger partial charge in [-0.25, -0.2) is 4.98 Å². The molecule has 2 nitrogen and oxygen atoms in total. The van der Waals surface area contributed by atoms with Gasteiger partial charge in [-0.05, 0) is 31.6 Å². The van der Waals surface area contributed by atoms with Gasteiger partial charge in [0.05, 0.1) is 5.01 Å². The molecule has 16 heavy (non-hydrogen) atoms. The van der Waals surface area contributed by atoms with Gasteiger partial charge in [0.25, 0.3) is 0 Å². The molecule has 1 unspecified atom stereocenters. The molecule has 1 aromatic rings. The summed E-state index contributed by atoms with van der Waals surface area (Å²) in [7, 11) is 0. The number of hydrogen-bond donors (Lipinski definition) is 1. The molecule has 0 aliphatic rings. The van der Waals surface area contributed by atoms with E-state index < -0.39 is 0 Å². The predicted molar refractivity (Wildman–Crippen MR) is 69.9 cm³/mol. The first kappa shape index (κ1) is 13.7. The molecular formula is C13H23NOS. The van der Waals surface area contributed by atoms with E-state index in [2.05, 4.69) is 18.8 Å². The molecule has 0 radical (unpaired) electrons. The quantitative estimate of drug-likeness (QED) is 0.791. The Hall–Kier alpha value is -0.410. The van der Waals surface area contributed by atoms with Gasteiger partial charge in [-0.15, -0.1) is 11.3 Å². The van der Waals surface area contributed by atoms with E-state index in [9.17, 15) is 5.11 Å². The molecular weight excluding hydrogens is 218 g/mol. The first-order valence-electron chi connectivity index (χ1n) is 6.18. The van der Waals surface area contributed by atoms with Crippen molar-refractivity contribution in [2.75, 3.05) is 6.61 Å². The summed E-state index contributed by atoms with van der Waals surface area (Å²) in [6, 6.07) is 0. The summed E-state index contributed by atoms with van der Waals surface area (Å²) in [5.74, 6) is 0. The van der Waals surface area contributed by atoms with Gasteiger partial charge in [0.15, 0.2) is 0 Å². The molecule has 0 fully saturated rings. The molecule has 0 aromatic carbocycles. The molecule has 0 saturated heterocycles. The van der Waals surface area contributed by atoms with E-state index in [1.807, 2.05) is 13.1 Å². The third kappa shape index (κ3) is 3.56. The number of aliphatic hydroxyl groups is 1. The number of unbranched alkanes of at least 4 members (excludes halogenated alkanes) is 1. The topological polar surface area (TPSA) is 33.1 Å². The minimum Gasteiger partial charge on any atom is -0.396 e. The lowest BCUT2D eigenvalue weighted by molar-refractivity contribution is 0.108. The highest BCUT2D eigenvalue weighted by Gasteiger charge is 2.27. The number of rotatable bonds is 7. The van der Waals surface area contributed by atoms with Crippen LogP contribution in [0.25, 0.3) is 0 Å². The highest BCUT2D eigenvalue weighted by atomic mass is 32.1. The molecule has 0 spiro atoms. The van der Waals surface area contributed by atoms with Crippen molar-refractivity contribution in [3.05, 3.63) is 16.1 Å². The van der Waals surface area contributed by atoms with E-state index in [0.29, 0.717) is 6.61 Å². The van der Waals surface area contributed by atoms with Crippen molar-refractivity contribution in [1.29, 1.82) is 0 Å². The first-order chi connectivity index (χ1) is 7.65. The fraction of sp³-hybridized carbons (Fsp3) is 0.769. The van der Waals surface area contributed by atoms with Crippen LogP contribution in [0.15, 0.2) is 6.20 Å². The van der Waals surface area contributed by atoms with Crippen molar-refractivity contribution in [3.8, 4) is 0 Å². The molecule has 0 saturated carbocycles. The second-order valence-corrected chi connectivity index (χ2v) is 5.96. The second-order valence-electron chi connectivity index (χ2n) is 4.64. The van der Waals surface area contributed by atoms with Crippen molar-refractivity contribution in [3.63, 3.8) is 0 Å². The molecule has 0 aliphatic heterocycles. The zero-order valence-corrected chi connectivity index (χ0v) is 11.4. The highest BCUT2D eigenvalue weighted by molar-refractivity contribution is 7.11. The average molecular weight is 241 g/mol. The molecule has 0 amide bonds. The Morgan fingerprint density at radius 3 is 2.62 bits per heavy atom. The molecule has 92 valence electrons. The largest absolute Gasteiger partial charge is 0.396 e. The number of nitrogens with zero attached hydrogens (tertiary/aromatic N) is 1. The van der Waals surface area contributed by atoms with Crippen LogP contribution >= 0.6 is 11.3 Å². The Balaban J connectivity index is 2.69. The minimum absolute atomic E-state index is 0.0784. The summed E-state index contributed by atoms with van der Waals surface area (Å²) in [5, 5.41) is 10.8. The van der Waals surface area contributed by atoms with E-state index >= 15 is 0 Å². The normalized spacial score (nSPS) is 15.0. The van der Waals surface area contributed by atoms with E-state index in [4.69, 9.17) is 0 Å². The minimum atomic E-state index is 0.0784. The van der Waals surface area contributed by atoms with Crippen molar-refractivity contribution in [2.45, 2.75) is 52.9 Å². The molecule has 3 heteroatoms. The van der Waals surface area contributed by atoms with Crippen LogP contribution < -0.4 is 0 Å². The lowest BCUT2D eigenvalue weighted by Gasteiger charge is -2.30. The van der Waals surface area contributed by atoms with Crippen LogP contribution in [0.2, 0.25) is 0 Å². The SMILES string of the molecule is CCCCC(CC)(CO)Cc1cnc(C)s1. The third-order valence-electron chi connectivity index (χ3n) is 3.36. The molecule has 0 aliphatic carbocycles. The number of aryl methyl sites for hydroxylation is 1. The zero-order chi connectivity index (χ0) is 12.0. The highest BCUT2D eigenvalue weighted by Crippen LogP contribution is 2.34. The van der Waals surface area contributed by atoms with E-state index in [1.54, 1.807) is 11.3 Å². The Morgan fingerprint density at radius 2 is 2.19 bits per heavy atom. The van der Waals surface area contributed by atoms with Gasteiger partial charge in [0, 0.05) is 17.7 Å². The number of hydrogen-bond acceptors (Lipinski definition) is 3. The molecule has 1 rings (SSSR count). The maximum Gasteiger partial charge on any atom is 0.0896 e. The summed E-state index contributed by atoms with van der Waals surface area (Å²) in [6.45, 7) is 6.71. The standard InChI is InChI=1S/C13H23NOS/c1-4-6-7-13(5-2,10-15)8-12-9-14-11(3)16-12/h9,15H,4-8,10H2,1-3H3. The van der Waals surface area contributed by atoms with Crippen molar-refractivity contribution >= 4 is 11.3 Å². The summed E-state index contributed by atoms with van der Waals surface area (Å²) in [4.78, 5) is 5.60. The van der Waals surface area contributed by atoms with Gasteiger partial charge in [-0.2, -0.15) is 0 Å². The Kier molecular flexibility index (Phi) is 5.42. The van der Waals surface area contributed by atoms with Gasteiger partial charge < -0.3 is 5.11 Å². The van der Waals surface area contributed by atoms with E-state index in [0.717, 1.165) is 24.3 Å². The van der Waals surface area contributed by atoms with Gasteiger partial charge >= 0.3 is 0 Å². The zero-order valence-electron chi connectivity index (χ0n) is 10.6. The lowest BCUT2D eigenvalue weighted by Crippen LogP contribution is -2.27. The van der Waals surface area contributed by atoms with Crippen LogP contribution in [-0.4, -0.2) is 16.7 Å². The van der Waals surface area contributed by atoms with Gasteiger partial charge in [0.1, 0.15) is 0 Å². The predicted octanol–water partition coefficient (Wildman–Crippen LogP) is 3.57. The van der Waals surface area contributed by atoms with Gasteiger partial charge in [-0.1, -0.05) is 26.7 Å². The van der Waals surface area contributed by atoms with Crippen LogP contribution in [0, 0.1) is 12.3 Å². The summed E-state index contributed by atoms with van der Waals surface area (Å²) in [5.41, 5.74) is 0.0784. The lowest BCUT2D eigenvalue weighted by atomic mass is 9.78. The van der Waals surface area contributed by atoms with Crippen LogP contribution in [0.4, 0.5) is 0 Å². The summed E-state index contributed by atoms with van der Waals surface area (Å²) >= 11 is 1.76. The molecule has 1 heterocycles. The van der Waals surface area contributed by atoms with Crippen molar-refractivity contribution in [2.24, 2.45) is 5.41 Å². The summed E-state index contributed by atoms with van der Waals surface area (Å²) < 4.78 is 0. The van der Waals surface area contributed by atoms with E-state index in [1.165, 1.54) is 17.7 Å². The monoisotopic (exact) mass is 241 g/mol. The first-order valence-corrected chi connectivity index (χ1v) is 6.99. The van der Waals surface area contributed by atoms with Crippen LogP contribution in [0.1, 0.15) is 49.4 Å². The van der Waals surface area contributed by atoms with Crippen LogP contribution in [-0.2, 0) is 6.42 Å². The maximum atomic E-state index is 9.66. The molecule has 0 bridgehead atoms. The van der Waals surface area contributed by atoms with Crippen molar-refractivity contribution in [1.82, 2.24) is 4.98 Å². The fourth-order valence-electron chi connectivity index (χ4n) is 2.05. The number of aliphatic hydroxyl groups excluding tert-OH is 1. The average Bonchev–Trinajstić information content (AvgIpc) is 2.70. The number of thiazole rings is 1. The smallest absolute Gasteiger partial charge is 0.0896 e. The van der Waals surface area contributed by atoms with Gasteiger partial charge in [-0.3, -0.25) is 0 Å². The fourth-order valence-corrected chi connectivity index (χ4v) is 3.01. The Bertz CT molecular complexity index is 305. The summed E-state index contributed by atoms with van der Waals surface area (Å²) in [6.07, 6.45) is 7.50. The second kappa shape index (κ2) is 6.36. The van der Waals surface area contributed by atoms with E-state index in [-0.39, 0.29) is 5.41 Å². The number of aromatic nitrogens is 1. The molecule has 1 aromatic heterocycles.